The highest BCUT2D eigenvalue weighted by Crippen LogP contribution is 2.22. The van der Waals surface area contributed by atoms with Gasteiger partial charge in [0.15, 0.2) is 0 Å². The van der Waals surface area contributed by atoms with E-state index in [1.165, 1.54) is 5.56 Å². The zero-order valence-corrected chi connectivity index (χ0v) is 13.5. The minimum absolute atomic E-state index is 0.0449. The molecule has 0 aliphatic carbocycles. The fourth-order valence-corrected chi connectivity index (χ4v) is 2.53. The molecule has 1 fully saturated rings. The van der Waals surface area contributed by atoms with Crippen molar-refractivity contribution in [3.05, 3.63) is 23.9 Å². The summed E-state index contributed by atoms with van der Waals surface area (Å²) in [6, 6.07) is 4.08. The maximum atomic E-state index is 9.37. The second-order valence-corrected chi connectivity index (χ2v) is 6.75. The van der Waals surface area contributed by atoms with Crippen molar-refractivity contribution in [3.8, 4) is 0 Å². The summed E-state index contributed by atoms with van der Waals surface area (Å²) in [6.07, 6.45) is 1.78. The summed E-state index contributed by atoms with van der Waals surface area (Å²) in [5.41, 5.74) is 1.25. The molecule has 1 aromatic rings. The van der Waals surface area contributed by atoms with Gasteiger partial charge in [-0.05, 0) is 33.8 Å². The average molecular weight is 293 g/mol. The van der Waals surface area contributed by atoms with E-state index in [9.17, 15) is 5.11 Å². The van der Waals surface area contributed by atoms with Gasteiger partial charge in [-0.25, -0.2) is 4.98 Å². The van der Waals surface area contributed by atoms with Gasteiger partial charge >= 0.3 is 0 Å². The standard InChI is InChI=1S/C16H27N3O2/c1-12-9-19(10-14(11-20)21-12)15-13(6-5-7-17-15)8-18-16(2,3)4/h5-7,12,14,18,20H,8-11H2,1-4H3. The van der Waals surface area contributed by atoms with Gasteiger partial charge in [-0.15, -0.1) is 0 Å². The molecule has 2 unspecified atom stereocenters. The van der Waals surface area contributed by atoms with Crippen molar-refractivity contribution in [2.24, 2.45) is 0 Å². The fraction of sp³-hybridized carbons (Fsp3) is 0.688. The number of nitrogens with zero attached hydrogens (tertiary/aromatic N) is 2. The SMILES string of the molecule is CC1CN(c2ncccc2CNC(C)(C)C)CC(CO)O1. The second-order valence-electron chi connectivity index (χ2n) is 6.75. The van der Waals surface area contributed by atoms with E-state index in [0.717, 1.165) is 18.9 Å². The Kier molecular flexibility index (Phi) is 5.19. The second kappa shape index (κ2) is 6.73. The van der Waals surface area contributed by atoms with Gasteiger partial charge in [0.1, 0.15) is 5.82 Å². The summed E-state index contributed by atoms with van der Waals surface area (Å²) in [4.78, 5) is 6.77. The lowest BCUT2D eigenvalue weighted by atomic mass is 10.1. The zero-order chi connectivity index (χ0) is 15.5. The van der Waals surface area contributed by atoms with Crippen molar-refractivity contribution in [2.45, 2.75) is 52.0 Å². The Morgan fingerprint density at radius 2 is 2.19 bits per heavy atom. The molecule has 1 aromatic heterocycles. The van der Waals surface area contributed by atoms with Crippen LogP contribution in [0.4, 0.5) is 5.82 Å². The molecule has 5 heteroatoms. The van der Waals surface area contributed by atoms with Crippen LogP contribution in [0.3, 0.4) is 0 Å². The largest absolute Gasteiger partial charge is 0.394 e. The van der Waals surface area contributed by atoms with Gasteiger partial charge in [-0.3, -0.25) is 0 Å². The summed E-state index contributed by atoms with van der Waals surface area (Å²) < 4.78 is 5.71. The summed E-state index contributed by atoms with van der Waals surface area (Å²) in [5, 5.41) is 12.9. The van der Waals surface area contributed by atoms with Gasteiger partial charge < -0.3 is 20.1 Å². The number of ether oxygens (including phenoxy) is 1. The molecule has 21 heavy (non-hydrogen) atoms. The molecule has 5 nitrogen and oxygen atoms in total. The molecule has 118 valence electrons. The normalized spacial score (nSPS) is 23.4. The van der Waals surface area contributed by atoms with E-state index in [4.69, 9.17) is 4.74 Å². The van der Waals surface area contributed by atoms with Crippen molar-refractivity contribution in [2.75, 3.05) is 24.6 Å². The minimum Gasteiger partial charge on any atom is -0.394 e. The molecule has 2 rings (SSSR count). The number of hydrogen-bond donors (Lipinski definition) is 2. The van der Waals surface area contributed by atoms with Gasteiger partial charge in [0.2, 0.25) is 0 Å². The molecule has 2 atom stereocenters. The molecule has 0 amide bonds. The molecule has 2 N–H and O–H groups in total. The fourth-order valence-electron chi connectivity index (χ4n) is 2.53. The number of rotatable bonds is 4. The molecule has 2 heterocycles. The number of aromatic nitrogens is 1. The molecule has 1 saturated heterocycles. The molecule has 0 spiro atoms. The van der Waals surface area contributed by atoms with E-state index in [0.29, 0.717) is 6.54 Å². The lowest BCUT2D eigenvalue weighted by Crippen LogP contribution is -2.48. The van der Waals surface area contributed by atoms with Crippen LogP contribution < -0.4 is 10.2 Å². The van der Waals surface area contributed by atoms with E-state index in [-0.39, 0.29) is 24.4 Å². The Morgan fingerprint density at radius 1 is 1.43 bits per heavy atom. The van der Waals surface area contributed by atoms with Crippen molar-refractivity contribution < 1.29 is 9.84 Å². The lowest BCUT2D eigenvalue weighted by Gasteiger charge is -2.37. The molecule has 1 aliphatic rings. The first kappa shape index (κ1) is 16.2. The number of morpholine rings is 1. The third kappa shape index (κ3) is 4.66. The van der Waals surface area contributed by atoms with Crippen LogP contribution in [0.25, 0.3) is 0 Å². The molecule has 0 aromatic carbocycles. The Morgan fingerprint density at radius 3 is 2.86 bits per heavy atom. The van der Waals surface area contributed by atoms with Crippen LogP contribution >= 0.6 is 0 Å². The zero-order valence-electron chi connectivity index (χ0n) is 13.5. The van der Waals surface area contributed by atoms with E-state index >= 15 is 0 Å². The summed E-state index contributed by atoms with van der Waals surface area (Å²) >= 11 is 0. The highest BCUT2D eigenvalue weighted by Gasteiger charge is 2.27. The Balaban J connectivity index is 2.15. The summed E-state index contributed by atoms with van der Waals surface area (Å²) in [7, 11) is 0. The predicted molar refractivity (Wildman–Crippen MR) is 84.5 cm³/mol. The summed E-state index contributed by atoms with van der Waals surface area (Å²) in [5.74, 6) is 0.989. The monoisotopic (exact) mass is 293 g/mol. The molecule has 0 bridgehead atoms. The molecule has 0 radical (unpaired) electrons. The van der Waals surface area contributed by atoms with Crippen LogP contribution in [0.1, 0.15) is 33.3 Å². The lowest BCUT2D eigenvalue weighted by molar-refractivity contribution is -0.0423. The molecule has 0 saturated carbocycles. The van der Waals surface area contributed by atoms with Crippen molar-refractivity contribution >= 4 is 5.82 Å². The molecular weight excluding hydrogens is 266 g/mol. The third-order valence-corrected chi connectivity index (χ3v) is 3.51. The first-order valence-electron chi connectivity index (χ1n) is 7.59. The van der Waals surface area contributed by atoms with Gasteiger partial charge in [0.25, 0.3) is 0 Å². The van der Waals surface area contributed by atoms with Crippen LogP contribution in [-0.4, -0.2) is 47.5 Å². The molecular formula is C16H27N3O2. The first-order chi connectivity index (χ1) is 9.89. The predicted octanol–water partition coefficient (Wildman–Crippen LogP) is 1.56. The number of aliphatic hydroxyl groups is 1. The smallest absolute Gasteiger partial charge is 0.133 e. The van der Waals surface area contributed by atoms with E-state index < -0.39 is 0 Å². The van der Waals surface area contributed by atoms with Crippen LogP contribution in [-0.2, 0) is 11.3 Å². The van der Waals surface area contributed by atoms with Gasteiger partial charge in [0.05, 0.1) is 18.8 Å². The van der Waals surface area contributed by atoms with Gasteiger partial charge in [-0.2, -0.15) is 0 Å². The number of anilines is 1. The minimum atomic E-state index is -0.140. The topological polar surface area (TPSA) is 57.6 Å². The quantitative estimate of drug-likeness (QED) is 0.882. The van der Waals surface area contributed by atoms with Gasteiger partial charge in [0, 0.05) is 36.9 Å². The highest BCUT2D eigenvalue weighted by molar-refractivity contribution is 5.47. The first-order valence-corrected chi connectivity index (χ1v) is 7.59. The van der Waals surface area contributed by atoms with E-state index in [1.54, 1.807) is 0 Å². The van der Waals surface area contributed by atoms with Crippen molar-refractivity contribution in [1.82, 2.24) is 10.3 Å². The van der Waals surface area contributed by atoms with E-state index in [1.807, 2.05) is 19.2 Å². The van der Waals surface area contributed by atoms with Crippen LogP contribution in [0.15, 0.2) is 18.3 Å². The Hall–Kier alpha value is -1.17. The number of aliphatic hydroxyl groups excluding tert-OH is 1. The van der Waals surface area contributed by atoms with Crippen molar-refractivity contribution in [1.29, 1.82) is 0 Å². The van der Waals surface area contributed by atoms with Crippen LogP contribution in [0.5, 0.6) is 0 Å². The Bertz CT molecular complexity index is 459. The number of pyridine rings is 1. The third-order valence-electron chi connectivity index (χ3n) is 3.51. The molecule has 1 aliphatic heterocycles. The van der Waals surface area contributed by atoms with Crippen LogP contribution in [0, 0.1) is 0 Å². The van der Waals surface area contributed by atoms with E-state index in [2.05, 4.69) is 42.0 Å². The maximum absolute atomic E-state index is 9.37. The summed E-state index contributed by atoms with van der Waals surface area (Å²) in [6.45, 7) is 10.8. The van der Waals surface area contributed by atoms with Gasteiger partial charge in [-0.1, -0.05) is 6.07 Å². The maximum Gasteiger partial charge on any atom is 0.133 e. The average Bonchev–Trinajstić information content (AvgIpc) is 2.44. The highest BCUT2D eigenvalue weighted by atomic mass is 16.5. The van der Waals surface area contributed by atoms with Crippen LogP contribution in [0.2, 0.25) is 0 Å². The van der Waals surface area contributed by atoms with Crippen molar-refractivity contribution in [3.63, 3.8) is 0 Å². The number of hydrogen-bond acceptors (Lipinski definition) is 5. The Labute approximate surface area is 127 Å². The number of nitrogens with one attached hydrogen (secondary N) is 1.